The van der Waals surface area contributed by atoms with Crippen molar-refractivity contribution in [3.05, 3.63) is 47.5 Å². The lowest BCUT2D eigenvalue weighted by Crippen LogP contribution is -2.22. The molecular weight excluding hydrogens is 252 g/mol. The van der Waals surface area contributed by atoms with Gasteiger partial charge in [-0.2, -0.15) is 0 Å². The van der Waals surface area contributed by atoms with Crippen molar-refractivity contribution in [1.29, 1.82) is 0 Å². The Morgan fingerprint density at radius 1 is 1.20 bits per heavy atom. The van der Waals surface area contributed by atoms with Crippen molar-refractivity contribution in [2.75, 3.05) is 6.54 Å². The van der Waals surface area contributed by atoms with E-state index in [0.29, 0.717) is 19.0 Å². The predicted molar refractivity (Wildman–Crippen MR) is 78.2 cm³/mol. The molecule has 1 heterocycles. The number of benzene rings is 1. The van der Waals surface area contributed by atoms with Crippen molar-refractivity contribution in [2.45, 2.75) is 32.4 Å². The maximum Gasteiger partial charge on any atom is 0.146 e. The van der Waals surface area contributed by atoms with Crippen molar-refractivity contribution in [3.8, 4) is 0 Å². The van der Waals surface area contributed by atoms with Gasteiger partial charge in [0.2, 0.25) is 0 Å². The largest absolute Gasteiger partial charge is 0.387 e. The highest BCUT2D eigenvalue weighted by Crippen LogP contribution is 2.18. The summed E-state index contributed by atoms with van der Waals surface area (Å²) in [6.07, 6.45) is 1.15. The Bertz CT molecular complexity index is 533. The molecule has 0 bridgehead atoms. The van der Waals surface area contributed by atoms with E-state index < -0.39 is 6.10 Å². The number of aromatic nitrogens is 3. The Morgan fingerprint density at radius 2 is 1.85 bits per heavy atom. The lowest BCUT2D eigenvalue weighted by atomic mass is 10.00. The highest BCUT2D eigenvalue weighted by atomic mass is 16.3. The van der Waals surface area contributed by atoms with Crippen LogP contribution in [-0.2, 0) is 13.6 Å². The zero-order valence-corrected chi connectivity index (χ0v) is 12.2. The molecule has 20 heavy (non-hydrogen) atoms. The van der Waals surface area contributed by atoms with E-state index in [1.807, 2.05) is 23.7 Å². The molecule has 1 aromatic heterocycles. The first-order valence-electron chi connectivity index (χ1n) is 6.89. The summed E-state index contributed by atoms with van der Waals surface area (Å²) in [6, 6.07) is 8.13. The summed E-state index contributed by atoms with van der Waals surface area (Å²) in [5, 5.41) is 21.1. The topological polar surface area (TPSA) is 63.0 Å². The fraction of sp³-hybridized carbons (Fsp3) is 0.467. The van der Waals surface area contributed by atoms with E-state index in [-0.39, 0.29) is 0 Å². The number of rotatable bonds is 6. The van der Waals surface area contributed by atoms with E-state index in [9.17, 15) is 5.11 Å². The average Bonchev–Trinajstić information content (AvgIpc) is 2.84. The molecule has 0 amide bonds. The van der Waals surface area contributed by atoms with Gasteiger partial charge in [0.15, 0.2) is 0 Å². The summed E-state index contributed by atoms with van der Waals surface area (Å²) in [5.41, 5.74) is 2.22. The van der Waals surface area contributed by atoms with Crippen LogP contribution in [0.3, 0.4) is 0 Å². The number of hydrogen-bond donors (Lipinski definition) is 2. The van der Waals surface area contributed by atoms with Crippen molar-refractivity contribution >= 4 is 0 Å². The van der Waals surface area contributed by atoms with Crippen LogP contribution in [0.4, 0.5) is 0 Å². The first-order chi connectivity index (χ1) is 9.58. The van der Waals surface area contributed by atoms with Crippen LogP contribution >= 0.6 is 0 Å². The maximum atomic E-state index is 10.1. The summed E-state index contributed by atoms with van der Waals surface area (Å²) >= 11 is 0. The van der Waals surface area contributed by atoms with Crippen LogP contribution in [0.15, 0.2) is 30.6 Å². The summed E-state index contributed by atoms with van der Waals surface area (Å²) < 4.78 is 1.86. The Labute approximate surface area is 119 Å². The Hall–Kier alpha value is -1.72. The monoisotopic (exact) mass is 274 g/mol. The molecule has 0 fully saturated rings. The number of nitrogens with zero attached hydrogens (tertiary/aromatic N) is 3. The van der Waals surface area contributed by atoms with Gasteiger partial charge in [0, 0.05) is 13.6 Å². The molecule has 5 nitrogen and oxygen atoms in total. The quantitative estimate of drug-likeness (QED) is 0.842. The van der Waals surface area contributed by atoms with Gasteiger partial charge in [-0.15, -0.1) is 10.2 Å². The first kappa shape index (κ1) is 14.7. The molecule has 0 saturated carbocycles. The Kier molecular flexibility index (Phi) is 4.87. The van der Waals surface area contributed by atoms with E-state index in [4.69, 9.17) is 0 Å². The highest BCUT2D eigenvalue weighted by Gasteiger charge is 2.08. The second-order valence-corrected chi connectivity index (χ2v) is 5.33. The van der Waals surface area contributed by atoms with Gasteiger partial charge in [-0.1, -0.05) is 38.1 Å². The number of hydrogen-bond acceptors (Lipinski definition) is 4. The minimum Gasteiger partial charge on any atom is -0.387 e. The van der Waals surface area contributed by atoms with Crippen LogP contribution in [0.1, 0.15) is 42.8 Å². The normalized spacial score (nSPS) is 12.8. The minimum absolute atomic E-state index is 0.494. The van der Waals surface area contributed by atoms with E-state index in [1.165, 1.54) is 5.56 Å². The number of aliphatic hydroxyl groups is 1. The highest BCUT2D eigenvalue weighted by molar-refractivity contribution is 5.26. The first-order valence-corrected chi connectivity index (χ1v) is 6.89. The zero-order valence-electron chi connectivity index (χ0n) is 12.2. The number of nitrogens with one attached hydrogen (secondary N) is 1. The van der Waals surface area contributed by atoms with Gasteiger partial charge in [-0.3, -0.25) is 0 Å². The van der Waals surface area contributed by atoms with E-state index >= 15 is 0 Å². The molecule has 1 aromatic carbocycles. The molecule has 0 saturated heterocycles. The van der Waals surface area contributed by atoms with Crippen LogP contribution in [0.25, 0.3) is 0 Å². The third-order valence-corrected chi connectivity index (χ3v) is 3.41. The van der Waals surface area contributed by atoms with Gasteiger partial charge in [-0.05, 0) is 17.0 Å². The number of aliphatic hydroxyl groups excluding tert-OH is 1. The molecule has 108 valence electrons. The van der Waals surface area contributed by atoms with Gasteiger partial charge in [0.1, 0.15) is 12.2 Å². The molecule has 2 aromatic rings. The molecule has 0 aliphatic carbocycles. The SMILES string of the molecule is CC(C)c1ccc(C(O)CNCc2nncn2C)cc1. The van der Waals surface area contributed by atoms with Gasteiger partial charge < -0.3 is 15.0 Å². The molecule has 0 spiro atoms. The van der Waals surface area contributed by atoms with Crippen molar-refractivity contribution < 1.29 is 5.11 Å². The van der Waals surface area contributed by atoms with E-state index in [1.54, 1.807) is 6.33 Å². The van der Waals surface area contributed by atoms with Gasteiger partial charge in [0.25, 0.3) is 0 Å². The summed E-state index contributed by atoms with van der Waals surface area (Å²) in [5.74, 6) is 1.36. The third kappa shape index (κ3) is 3.65. The molecule has 1 atom stereocenters. The Balaban J connectivity index is 1.85. The maximum absolute atomic E-state index is 10.1. The smallest absolute Gasteiger partial charge is 0.146 e. The van der Waals surface area contributed by atoms with Crippen molar-refractivity contribution in [3.63, 3.8) is 0 Å². The molecule has 5 heteroatoms. The lowest BCUT2D eigenvalue weighted by molar-refractivity contribution is 0.174. The lowest BCUT2D eigenvalue weighted by Gasteiger charge is -2.13. The second kappa shape index (κ2) is 6.63. The molecule has 0 aliphatic heterocycles. The van der Waals surface area contributed by atoms with Crippen LogP contribution in [0.5, 0.6) is 0 Å². The Morgan fingerprint density at radius 3 is 2.40 bits per heavy atom. The predicted octanol–water partition coefficient (Wildman–Crippen LogP) is 1.76. The van der Waals surface area contributed by atoms with Crippen molar-refractivity contribution in [2.24, 2.45) is 7.05 Å². The zero-order chi connectivity index (χ0) is 14.5. The van der Waals surface area contributed by atoms with Crippen LogP contribution in [-0.4, -0.2) is 26.4 Å². The number of aryl methyl sites for hydroxylation is 1. The molecule has 2 N–H and O–H groups in total. The average molecular weight is 274 g/mol. The van der Waals surface area contributed by atoms with Crippen LogP contribution < -0.4 is 5.32 Å². The molecule has 0 aliphatic rings. The molecule has 1 unspecified atom stereocenters. The van der Waals surface area contributed by atoms with Crippen LogP contribution in [0.2, 0.25) is 0 Å². The van der Waals surface area contributed by atoms with Gasteiger partial charge in [0.05, 0.1) is 12.6 Å². The molecular formula is C15H22N4O. The van der Waals surface area contributed by atoms with Gasteiger partial charge in [-0.25, -0.2) is 0 Å². The molecule has 2 rings (SSSR count). The van der Waals surface area contributed by atoms with Crippen molar-refractivity contribution in [1.82, 2.24) is 20.1 Å². The standard InChI is InChI=1S/C15H22N4O/c1-11(2)12-4-6-13(7-5-12)14(20)8-16-9-15-18-17-10-19(15)3/h4-7,10-11,14,16,20H,8-9H2,1-3H3. The summed E-state index contributed by atoms with van der Waals surface area (Å²) in [4.78, 5) is 0. The van der Waals surface area contributed by atoms with Gasteiger partial charge >= 0.3 is 0 Å². The van der Waals surface area contributed by atoms with Crippen LogP contribution in [0, 0.1) is 0 Å². The molecule has 0 radical (unpaired) electrons. The second-order valence-electron chi connectivity index (χ2n) is 5.33. The fourth-order valence-electron chi connectivity index (χ4n) is 2.01. The van der Waals surface area contributed by atoms with E-state index in [2.05, 4.69) is 41.5 Å². The summed E-state index contributed by atoms with van der Waals surface area (Å²) in [6.45, 7) is 5.41. The van der Waals surface area contributed by atoms with E-state index in [0.717, 1.165) is 11.4 Å². The fourth-order valence-corrected chi connectivity index (χ4v) is 2.01. The minimum atomic E-state index is -0.510. The summed E-state index contributed by atoms with van der Waals surface area (Å²) in [7, 11) is 1.90. The third-order valence-electron chi connectivity index (χ3n) is 3.41.